The molecule has 264 valence electrons. The number of thiophene rings is 1. The van der Waals surface area contributed by atoms with Gasteiger partial charge in [0.05, 0.1) is 38.4 Å². The van der Waals surface area contributed by atoms with Gasteiger partial charge in [-0.2, -0.15) is 15.2 Å². The van der Waals surface area contributed by atoms with E-state index in [9.17, 15) is 22.9 Å². The number of benzene rings is 2. The number of nitrogens with one attached hydrogen (secondary N) is 2. The molecule has 2 aromatic heterocycles. The Hall–Kier alpha value is -3.91. The fourth-order valence-corrected chi connectivity index (χ4v) is 9.71. The number of sulfone groups is 1. The van der Waals surface area contributed by atoms with Gasteiger partial charge in [0.2, 0.25) is 0 Å². The molecule has 0 aliphatic carbocycles. The zero-order valence-corrected chi connectivity index (χ0v) is 29.6. The topological polar surface area (TPSA) is 147 Å². The highest BCUT2D eigenvalue weighted by Crippen LogP contribution is 2.47. The zero-order chi connectivity index (χ0) is 35.7. The minimum atomic E-state index is -3.22. The number of carbonyl (C=O) groups is 1. The molecule has 4 aromatic rings. The minimum Gasteiger partial charge on any atom is -0.461 e. The van der Waals surface area contributed by atoms with Gasteiger partial charge in [-0.3, -0.25) is 10.2 Å². The molecular formula is C33H32ClF3N6O5S2. The van der Waals surface area contributed by atoms with Crippen molar-refractivity contribution in [3.8, 4) is 23.2 Å². The van der Waals surface area contributed by atoms with Crippen molar-refractivity contribution in [2.75, 3.05) is 41.8 Å². The first kappa shape index (κ1) is 34.5. The van der Waals surface area contributed by atoms with Crippen LogP contribution < -0.4 is 15.4 Å². The molecule has 3 aliphatic rings. The summed E-state index contributed by atoms with van der Waals surface area (Å²) in [4.78, 5) is 23.5. The largest absolute Gasteiger partial charge is 0.461 e. The second kappa shape index (κ2) is 12.4. The van der Waals surface area contributed by atoms with Crippen LogP contribution in [0, 0.1) is 23.0 Å². The standard InChI is InChI=1S/C33H32ClF3N6O5S2/c1-32(2,3)48-31(44)42-29-20(11-38)23-18(5-6-22(36)27(23)49-29)24-21(34)9-19-26(25(24)37)40-30(41-28(19)39-17-13-50(45,46)14-17)47-15-33-7-4-8-43(33)12-16(35)10-33/h5-6,9,16-17H,4,7-8,10,12-15H2,1-3H3,(H,42,44)(H,39,40,41)/t16-,33+/m1/s1. The van der Waals surface area contributed by atoms with Crippen molar-refractivity contribution in [3.63, 3.8) is 0 Å². The normalized spacial score (nSPS) is 21.9. The van der Waals surface area contributed by atoms with Gasteiger partial charge < -0.3 is 14.8 Å². The summed E-state index contributed by atoms with van der Waals surface area (Å²) in [5, 5.41) is 15.8. The van der Waals surface area contributed by atoms with E-state index in [1.807, 2.05) is 6.07 Å². The summed E-state index contributed by atoms with van der Waals surface area (Å²) in [6, 6.07) is 5.09. The summed E-state index contributed by atoms with van der Waals surface area (Å²) >= 11 is 7.54. The molecule has 0 unspecified atom stereocenters. The van der Waals surface area contributed by atoms with Crippen molar-refractivity contribution in [2.45, 2.75) is 63.4 Å². The van der Waals surface area contributed by atoms with Gasteiger partial charge in [0.25, 0.3) is 0 Å². The molecule has 0 spiro atoms. The Kier molecular flexibility index (Phi) is 8.56. The van der Waals surface area contributed by atoms with E-state index in [0.29, 0.717) is 13.0 Å². The number of carbonyl (C=O) groups excluding carboxylic acids is 1. The van der Waals surface area contributed by atoms with Crippen LogP contribution in [0.15, 0.2) is 18.2 Å². The van der Waals surface area contributed by atoms with Gasteiger partial charge in [-0.1, -0.05) is 17.7 Å². The molecule has 3 fully saturated rings. The number of nitrogens with zero attached hydrogens (tertiary/aromatic N) is 4. The number of halogens is 4. The lowest BCUT2D eigenvalue weighted by Gasteiger charge is -2.31. The first-order chi connectivity index (χ1) is 23.6. The molecule has 0 bridgehead atoms. The second-order valence-electron chi connectivity index (χ2n) is 13.9. The van der Waals surface area contributed by atoms with Gasteiger partial charge in [-0.15, -0.1) is 11.3 Å². The Balaban J connectivity index is 1.34. The summed E-state index contributed by atoms with van der Waals surface area (Å²) in [5.74, 6) is -1.85. The van der Waals surface area contributed by atoms with Crippen molar-refractivity contribution in [1.82, 2.24) is 14.9 Å². The SMILES string of the molecule is CC(C)(C)OC(=O)Nc1sc2c(F)ccc(-c3c(Cl)cc4c(NC5CS(=O)(=O)C5)nc(OC[C@@]56CCCN5C[C@H](F)C6)nc4c3F)c2c1C#N. The molecule has 7 rings (SSSR count). The number of ether oxygens (including phenoxy) is 2. The Bertz CT molecular complexity index is 2210. The zero-order valence-electron chi connectivity index (χ0n) is 27.2. The number of aromatic nitrogens is 2. The lowest BCUT2D eigenvalue weighted by molar-refractivity contribution is 0.0636. The number of hydrogen-bond donors (Lipinski definition) is 2. The minimum absolute atomic E-state index is 0.00290. The van der Waals surface area contributed by atoms with Crippen molar-refractivity contribution < 1.29 is 35.9 Å². The fourth-order valence-electron chi connectivity index (χ4n) is 7.06. The molecule has 0 saturated carbocycles. The molecular weight excluding hydrogens is 717 g/mol. The quantitative estimate of drug-likeness (QED) is 0.206. The van der Waals surface area contributed by atoms with E-state index in [-0.39, 0.29) is 84.1 Å². The van der Waals surface area contributed by atoms with E-state index in [2.05, 4.69) is 25.5 Å². The molecule has 50 heavy (non-hydrogen) atoms. The maximum atomic E-state index is 16.9. The van der Waals surface area contributed by atoms with Gasteiger partial charge >= 0.3 is 12.1 Å². The van der Waals surface area contributed by atoms with Crippen molar-refractivity contribution >= 4 is 70.7 Å². The van der Waals surface area contributed by atoms with Crippen LogP contribution in [0.3, 0.4) is 0 Å². The summed E-state index contributed by atoms with van der Waals surface area (Å²) in [6.45, 7) is 6.09. The highest BCUT2D eigenvalue weighted by molar-refractivity contribution is 7.92. The van der Waals surface area contributed by atoms with E-state index in [0.717, 1.165) is 30.4 Å². The third-order valence-electron chi connectivity index (χ3n) is 9.13. The van der Waals surface area contributed by atoms with Crippen molar-refractivity contribution in [3.05, 3.63) is 40.4 Å². The van der Waals surface area contributed by atoms with Crippen LogP contribution in [0.4, 0.5) is 28.8 Å². The van der Waals surface area contributed by atoms with Crippen LogP contribution in [0.25, 0.3) is 32.1 Å². The van der Waals surface area contributed by atoms with E-state index in [1.165, 1.54) is 12.1 Å². The number of anilines is 2. The molecule has 1 amide bonds. The van der Waals surface area contributed by atoms with Gasteiger partial charge in [0.15, 0.2) is 15.7 Å². The first-order valence-corrected chi connectivity index (χ1v) is 18.9. The number of amides is 1. The molecule has 2 N–H and O–H groups in total. The van der Waals surface area contributed by atoms with Crippen LogP contribution in [0.2, 0.25) is 5.02 Å². The lowest BCUT2D eigenvalue weighted by atomic mass is 9.95. The molecule has 3 aliphatic heterocycles. The third-order valence-corrected chi connectivity index (χ3v) is 12.4. The average molecular weight is 749 g/mol. The predicted molar refractivity (Wildman–Crippen MR) is 184 cm³/mol. The number of rotatable bonds is 7. The highest BCUT2D eigenvalue weighted by Gasteiger charge is 2.49. The number of fused-ring (bicyclic) bond motifs is 3. The fraction of sp³-hybridized carbons (Fsp3) is 0.455. The smallest absolute Gasteiger partial charge is 0.412 e. The van der Waals surface area contributed by atoms with E-state index >= 15 is 8.78 Å². The monoisotopic (exact) mass is 748 g/mol. The van der Waals surface area contributed by atoms with Crippen LogP contribution in [0.5, 0.6) is 6.01 Å². The molecule has 2 atom stereocenters. The Labute approximate surface area is 294 Å². The highest BCUT2D eigenvalue weighted by atomic mass is 35.5. The third kappa shape index (κ3) is 6.29. The van der Waals surface area contributed by atoms with Gasteiger partial charge in [0.1, 0.15) is 46.6 Å². The maximum Gasteiger partial charge on any atom is 0.412 e. The predicted octanol–water partition coefficient (Wildman–Crippen LogP) is 6.83. The van der Waals surface area contributed by atoms with Crippen molar-refractivity contribution in [2.24, 2.45) is 0 Å². The van der Waals surface area contributed by atoms with Gasteiger partial charge in [0, 0.05) is 29.3 Å². The summed E-state index contributed by atoms with van der Waals surface area (Å²) in [6.07, 6.45) is 0.0167. The number of hydrogen-bond acceptors (Lipinski definition) is 11. The van der Waals surface area contributed by atoms with Crippen LogP contribution in [-0.2, 0) is 14.6 Å². The van der Waals surface area contributed by atoms with Crippen molar-refractivity contribution in [1.29, 1.82) is 5.26 Å². The molecule has 0 radical (unpaired) electrons. The molecule has 11 nitrogen and oxygen atoms in total. The van der Waals surface area contributed by atoms with E-state index in [1.54, 1.807) is 20.8 Å². The molecule has 2 aromatic carbocycles. The number of nitriles is 1. The molecule has 3 saturated heterocycles. The maximum absolute atomic E-state index is 16.9. The van der Waals surface area contributed by atoms with Gasteiger partial charge in [-0.05, 0) is 57.9 Å². The Morgan fingerprint density at radius 1 is 1.26 bits per heavy atom. The Morgan fingerprint density at radius 3 is 2.72 bits per heavy atom. The number of alkyl halides is 1. The molecule has 5 heterocycles. The second-order valence-corrected chi connectivity index (χ2v) is 17.5. The molecule has 17 heteroatoms. The van der Waals surface area contributed by atoms with E-state index in [4.69, 9.17) is 21.1 Å². The van der Waals surface area contributed by atoms with E-state index < -0.39 is 50.9 Å². The van der Waals surface area contributed by atoms with Crippen LogP contribution in [-0.4, -0.2) is 83.9 Å². The van der Waals surface area contributed by atoms with Crippen LogP contribution in [0.1, 0.15) is 45.6 Å². The average Bonchev–Trinajstić information content (AvgIpc) is 3.65. The summed E-state index contributed by atoms with van der Waals surface area (Å²) in [5.41, 5.74) is -1.87. The summed E-state index contributed by atoms with van der Waals surface area (Å²) in [7, 11) is -3.22. The lowest BCUT2D eigenvalue weighted by Crippen LogP contribution is -2.46. The summed E-state index contributed by atoms with van der Waals surface area (Å²) < 4.78 is 81.8. The van der Waals surface area contributed by atoms with Gasteiger partial charge in [-0.25, -0.2) is 26.4 Å². The Morgan fingerprint density at radius 2 is 2.02 bits per heavy atom. The van der Waals surface area contributed by atoms with Crippen LogP contribution >= 0.6 is 22.9 Å². The first-order valence-electron chi connectivity index (χ1n) is 15.9.